The number of ether oxygens (including phenoxy) is 1. The van der Waals surface area contributed by atoms with Gasteiger partial charge >= 0.3 is 0 Å². The number of carbonyl (C=O) groups excluding carboxylic acids is 2. The normalized spacial score (nSPS) is 15.6. The van der Waals surface area contributed by atoms with E-state index in [1.807, 2.05) is 64.1 Å². The number of hydrogen-bond acceptors (Lipinski definition) is 24. The van der Waals surface area contributed by atoms with Crippen molar-refractivity contribution in [1.29, 1.82) is 0 Å². The molecule has 0 atom stereocenters. The minimum atomic E-state index is -4.26. The fourth-order valence-electron chi connectivity index (χ4n) is 11.1. The van der Waals surface area contributed by atoms with E-state index >= 15 is 0 Å². The van der Waals surface area contributed by atoms with Gasteiger partial charge in [-0.15, -0.1) is 0 Å². The maximum atomic E-state index is 13.3. The summed E-state index contributed by atoms with van der Waals surface area (Å²) < 4.78 is 116. The Balaban J connectivity index is 0.000000171. The highest BCUT2D eigenvalue weighted by atomic mass is 35.5. The van der Waals surface area contributed by atoms with Gasteiger partial charge in [-0.2, -0.15) is 17.2 Å². The third kappa shape index (κ3) is 22.7. The van der Waals surface area contributed by atoms with E-state index in [0.717, 1.165) is 95.8 Å². The van der Waals surface area contributed by atoms with Gasteiger partial charge in [0.25, 0.3) is 22.7 Å². The Morgan fingerprint density at radius 3 is 1.13 bits per heavy atom. The lowest BCUT2D eigenvalue weighted by molar-refractivity contribution is -0.385. The number of sulfonamides is 4. The van der Waals surface area contributed by atoms with E-state index < -0.39 is 88.7 Å². The molecule has 4 N–H and O–H groups in total. The van der Waals surface area contributed by atoms with Crippen LogP contribution >= 0.6 is 81.7 Å². The van der Waals surface area contributed by atoms with Crippen LogP contribution in [0.2, 0.25) is 20.1 Å². The summed E-state index contributed by atoms with van der Waals surface area (Å²) >= 11 is 27.9. The van der Waals surface area contributed by atoms with Crippen LogP contribution in [-0.2, 0) is 49.7 Å². The van der Waals surface area contributed by atoms with Gasteiger partial charge in [-0.1, -0.05) is 106 Å². The van der Waals surface area contributed by atoms with Gasteiger partial charge in [-0.3, -0.25) is 50.0 Å². The number of nitro groups is 4. The molecule has 0 bridgehead atoms. The summed E-state index contributed by atoms with van der Waals surface area (Å²) in [5.41, 5.74) is 2.82. The average Bonchev–Trinajstić information content (AvgIpc) is 0.989. The molecule has 112 heavy (non-hydrogen) atoms. The third-order valence-corrected chi connectivity index (χ3v) is 29.8. The molecule has 4 fully saturated rings. The number of carbonyl (C=O) groups is 2. The lowest BCUT2D eigenvalue weighted by atomic mass is 10.2. The molecule has 0 aliphatic carbocycles. The number of rotatable bonds is 20. The van der Waals surface area contributed by atoms with E-state index in [2.05, 4.69) is 21.3 Å². The van der Waals surface area contributed by atoms with Gasteiger partial charge in [0.2, 0.25) is 51.9 Å². The number of nitro benzene ring substituents is 4. The molecule has 4 aliphatic rings. The molecule has 31 nitrogen and oxygen atoms in total. The van der Waals surface area contributed by atoms with Crippen LogP contribution in [0.25, 0.3) is 0 Å². The topological polar surface area (TPSA) is 414 Å². The second kappa shape index (κ2) is 38.8. The fourth-order valence-corrected chi connectivity index (χ4v) is 22.3. The van der Waals surface area contributed by atoms with Crippen LogP contribution in [0.4, 0.5) is 22.7 Å². The monoisotopic (exact) mass is 1750 g/mol. The average molecular weight is 1750 g/mol. The molecule has 0 spiro atoms. The van der Waals surface area contributed by atoms with Crippen molar-refractivity contribution in [3.8, 4) is 11.5 Å². The Labute approximate surface area is 678 Å². The number of halogens is 4. The molecule has 4 saturated heterocycles. The smallest absolute Gasteiger partial charge is 0.271 e. The van der Waals surface area contributed by atoms with E-state index in [1.54, 1.807) is 18.2 Å². The van der Waals surface area contributed by atoms with Gasteiger partial charge in [0.1, 0.15) is 31.1 Å². The number of benzene rings is 8. The van der Waals surface area contributed by atoms with Crippen LogP contribution in [0.1, 0.15) is 35.1 Å². The predicted molar refractivity (Wildman–Crippen MR) is 426 cm³/mol. The van der Waals surface area contributed by atoms with Crippen LogP contribution in [0.3, 0.4) is 0 Å². The lowest BCUT2D eigenvalue weighted by Gasteiger charge is -2.26. The van der Waals surface area contributed by atoms with Crippen molar-refractivity contribution in [2.45, 2.75) is 89.5 Å². The molecule has 0 unspecified atom stereocenters. The van der Waals surface area contributed by atoms with E-state index in [-0.39, 0.29) is 81.0 Å². The summed E-state index contributed by atoms with van der Waals surface area (Å²) in [5, 5.41) is 57.6. The molecule has 4 aliphatic heterocycles. The molecule has 12 rings (SSSR count). The standard InChI is InChI=1S/C19H23N3O4S2.C18H19N3O5S2.C17H17Cl2N3O4S2.C16H13Cl2N3O6S/c1-14-4-5-15(2)18(12-14)27-17-7-6-16(22(23)24)13-19(17)28(25,26)21-10-3-8-20-9-11-21;1-12-3-4-13(2)16(9-12)27-15-6-5-14(21(23)24)10-17(15)28(25,26)20-8-7-19-18(22)11-20;18-12-2-4-14(19)16(10-12)27-15-5-3-13(22(23)24)11-17(15)28(25,26)21-8-1-6-20-7-9-21;17-10-1-3-12(18)14(7-10)27-13-4-2-11(21(23)24)8-15(13)28(25,26)20-6-5-19-16(22)9-20/h4-7,12-13,20H,3,8-11H2,1-2H3;3-6,9-10H,7-8,11H2,1-2H3,(H,19,22);2-5,10-11,20H,1,6-9H2;1-4,7-8H,5-6,9H2,(H,19,22). The molecular formula is C70H72Cl4N12O19S7. The van der Waals surface area contributed by atoms with Crippen LogP contribution in [0.15, 0.2) is 195 Å². The predicted octanol–water partition coefficient (Wildman–Crippen LogP) is 12.7. The Kier molecular flexibility index (Phi) is 30.4. The van der Waals surface area contributed by atoms with E-state index in [0.29, 0.717) is 86.8 Å². The summed E-state index contributed by atoms with van der Waals surface area (Å²) in [6.45, 7) is 11.5. The second-order valence-corrected chi connectivity index (χ2v) is 37.6. The Morgan fingerprint density at radius 2 is 0.723 bits per heavy atom. The molecule has 4 heterocycles. The van der Waals surface area contributed by atoms with E-state index in [1.165, 1.54) is 92.8 Å². The van der Waals surface area contributed by atoms with Crippen molar-refractivity contribution >= 4 is 156 Å². The van der Waals surface area contributed by atoms with Gasteiger partial charge in [0, 0.05) is 159 Å². The van der Waals surface area contributed by atoms with Crippen molar-refractivity contribution in [1.82, 2.24) is 38.5 Å². The molecule has 0 aromatic heterocycles. The number of nitrogens with one attached hydrogen (secondary N) is 4. The van der Waals surface area contributed by atoms with Gasteiger partial charge in [0.15, 0.2) is 0 Å². The molecule has 596 valence electrons. The van der Waals surface area contributed by atoms with Crippen molar-refractivity contribution in [2.75, 3.05) is 91.6 Å². The van der Waals surface area contributed by atoms with Crippen molar-refractivity contribution in [2.24, 2.45) is 0 Å². The lowest BCUT2D eigenvalue weighted by Crippen LogP contribution is -2.49. The number of hydrogen-bond donors (Lipinski definition) is 4. The summed E-state index contributed by atoms with van der Waals surface area (Å²) in [6.07, 6.45) is 1.37. The Hall–Kier alpha value is -8.13. The molecule has 0 radical (unpaired) electrons. The Morgan fingerprint density at radius 1 is 0.366 bits per heavy atom. The Bertz CT molecular complexity index is 5090. The number of non-ortho nitro benzene ring substituents is 4. The quantitative estimate of drug-likeness (QED) is 0.0407. The number of piperazine rings is 2. The van der Waals surface area contributed by atoms with Crippen LogP contribution in [-0.4, -0.2) is 174 Å². The number of aryl methyl sites for hydroxylation is 4. The summed E-state index contributed by atoms with van der Waals surface area (Å²) in [5.74, 6) is -0.971. The van der Waals surface area contributed by atoms with Crippen LogP contribution in [0.5, 0.6) is 11.5 Å². The highest BCUT2D eigenvalue weighted by Crippen LogP contribution is 2.44. The van der Waals surface area contributed by atoms with Gasteiger partial charge in [-0.25, -0.2) is 33.7 Å². The van der Waals surface area contributed by atoms with E-state index in [9.17, 15) is 83.7 Å². The number of amides is 2. The van der Waals surface area contributed by atoms with E-state index in [4.69, 9.17) is 51.1 Å². The zero-order chi connectivity index (χ0) is 81.6. The number of nitrogens with zero attached hydrogens (tertiary/aromatic N) is 8. The fraction of sp³-hybridized carbons (Fsp3) is 0.286. The highest BCUT2D eigenvalue weighted by Gasteiger charge is 2.37. The first-order chi connectivity index (χ1) is 52.9. The zero-order valence-corrected chi connectivity index (χ0v) is 68.6. The first kappa shape index (κ1) is 87.8. The van der Waals surface area contributed by atoms with Gasteiger partial charge in [-0.05, 0) is 143 Å². The highest BCUT2D eigenvalue weighted by molar-refractivity contribution is 8.01. The van der Waals surface area contributed by atoms with Gasteiger partial charge in [0.05, 0.1) is 42.8 Å². The minimum Gasteiger partial charge on any atom is -0.454 e. The summed E-state index contributed by atoms with van der Waals surface area (Å²) in [7, 11) is -16.1. The SMILES string of the molecule is Cc1ccc(C)c(Sc2ccc([N+](=O)[O-])cc2S(=O)(=O)N2CCCNCC2)c1.Cc1ccc(C)c(Sc2ccc([N+](=O)[O-])cc2S(=O)(=O)N2CCNC(=O)C2)c1.O=C1CN(S(=O)(=O)c2cc([N+](=O)[O-])ccc2Oc2cc(Cl)ccc2Cl)CCN1.O=[N+]([O-])c1ccc(Sc2cc(Cl)ccc2Cl)c(S(=O)(=O)N2CCCNCC2)c1. The molecule has 0 saturated carbocycles. The first-order valence-corrected chi connectivity index (χ1v) is 43.5. The van der Waals surface area contributed by atoms with Gasteiger partial charge < -0.3 is 26.0 Å². The maximum Gasteiger partial charge on any atom is 0.271 e. The van der Waals surface area contributed by atoms with Crippen molar-refractivity contribution in [3.63, 3.8) is 0 Å². The molecular weight excluding hydrogens is 1680 g/mol. The first-order valence-electron chi connectivity index (χ1n) is 33.8. The molecule has 42 heteroatoms. The molecule has 8 aromatic rings. The largest absolute Gasteiger partial charge is 0.454 e. The van der Waals surface area contributed by atoms with Crippen molar-refractivity contribution < 1.29 is 67.7 Å². The van der Waals surface area contributed by atoms with Crippen LogP contribution < -0.4 is 26.0 Å². The van der Waals surface area contributed by atoms with Crippen LogP contribution in [0, 0.1) is 68.2 Å². The molecule has 8 aromatic carbocycles. The maximum absolute atomic E-state index is 13.3. The summed E-state index contributed by atoms with van der Waals surface area (Å²) in [6, 6.07) is 35.9. The third-order valence-electron chi connectivity index (χ3n) is 17.0. The summed E-state index contributed by atoms with van der Waals surface area (Å²) in [4.78, 5) is 68.4. The minimum absolute atomic E-state index is 0.00509. The molecule has 2 amide bonds. The zero-order valence-electron chi connectivity index (χ0n) is 59.9. The van der Waals surface area contributed by atoms with Crippen molar-refractivity contribution in [3.05, 3.63) is 228 Å². The second-order valence-electron chi connectivity index (χ2n) is 25.0.